The molecule has 0 spiro atoms. The maximum atomic E-state index is 11.9. The molecule has 4 rings (SSSR count). The van der Waals surface area contributed by atoms with Gasteiger partial charge in [-0.05, 0) is 125 Å². The summed E-state index contributed by atoms with van der Waals surface area (Å²) in [4.78, 5) is 23.8. The number of ether oxygens (including phenoxy) is 4. The van der Waals surface area contributed by atoms with E-state index in [1.165, 1.54) is 50.9 Å². The van der Waals surface area contributed by atoms with Gasteiger partial charge in [0, 0.05) is 0 Å². The van der Waals surface area contributed by atoms with Crippen LogP contribution in [0, 0.1) is 0 Å². The Labute approximate surface area is 358 Å². The number of aliphatic hydroxyl groups is 2. The van der Waals surface area contributed by atoms with Crippen molar-refractivity contribution in [2.45, 2.75) is 118 Å². The van der Waals surface area contributed by atoms with Crippen molar-refractivity contribution in [3.63, 3.8) is 0 Å². The number of carbonyl (C=O) groups excluding carboxylic acids is 2. The minimum Gasteiger partial charge on any atom is -0.457 e. The van der Waals surface area contributed by atoms with Gasteiger partial charge in [0.25, 0.3) is 0 Å². The van der Waals surface area contributed by atoms with E-state index < -0.39 is 25.2 Å². The summed E-state index contributed by atoms with van der Waals surface area (Å²) >= 11 is 0. The molecule has 0 saturated heterocycles. The lowest BCUT2D eigenvalue weighted by Crippen LogP contribution is -2.13. The highest BCUT2D eigenvalue weighted by Crippen LogP contribution is 2.41. The largest absolute Gasteiger partial charge is 0.457 e. The number of carbonyl (C=O) groups is 2. The van der Waals surface area contributed by atoms with E-state index in [4.69, 9.17) is 29.2 Å². The highest BCUT2D eigenvalue weighted by molar-refractivity contribution is 5.88. The molecule has 0 unspecified atom stereocenters. The summed E-state index contributed by atoms with van der Waals surface area (Å²) in [6.45, 7) is 14.6. The molecule has 322 valence electrons. The molecule has 60 heavy (non-hydrogen) atoms. The highest BCUT2D eigenvalue weighted by Gasteiger charge is 2.21. The summed E-state index contributed by atoms with van der Waals surface area (Å²) in [6, 6.07) is 25.3. The Morgan fingerprint density at radius 1 is 0.450 bits per heavy atom. The van der Waals surface area contributed by atoms with Crippen LogP contribution in [-0.2, 0) is 44.7 Å². The Balaban J connectivity index is 1.79. The van der Waals surface area contributed by atoms with Gasteiger partial charge in [-0.25, -0.2) is 9.59 Å². The van der Waals surface area contributed by atoms with Crippen LogP contribution in [0.3, 0.4) is 0 Å². The lowest BCUT2D eigenvalue weighted by atomic mass is 9.80. The van der Waals surface area contributed by atoms with Gasteiger partial charge in [-0.1, -0.05) is 134 Å². The second-order valence-corrected chi connectivity index (χ2v) is 15.3. The lowest BCUT2D eigenvalue weighted by Gasteiger charge is -2.24. The number of aliphatic hydroxyl groups excluding tert-OH is 2. The fourth-order valence-corrected chi connectivity index (χ4v) is 7.58. The summed E-state index contributed by atoms with van der Waals surface area (Å²) in [5.41, 5.74) is 13.0. The molecule has 0 radical (unpaired) electrons. The third-order valence-electron chi connectivity index (χ3n) is 10.9. The molecular formula is C52H66O8. The SMILES string of the molecule is C=C(CO)C(=O)OCOc1ccc(-c2ccc(-c3ccc(-c4ccc(OCOC(=O)C(=C)CO)cc4)c(CCCCC)c3CCCCC)c(CCC)c2CCCCC)cc1. The monoisotopic (exact) mass is 818 g/mol. The fraction of sp³-hybridized carbons (Fsp3) is 0.423. The van der Waals surface area contributed by atoms with Crippen LogP contribution in [0.4, 0.5) is 0 Å². The first kappa shape index (κ1) is 47.5. The fourth-order valence-electron chi connectivity index (χ4n) is 7.58. The van der Waals surface area contributed by atoms with E-state index in [2.05, 4.69) is 89.4 Å². The molecule has 0 heterocycles. The first-order chi connectivity index (χ1) is 29.2. The zero-order chi connectivity index (χ0) is 43.3. The van der Waals surface area contributed by atoms with Crippen LogP contribution in [-0.4, -0.2) is 49.0 Å². The quantitative estimate of drug-likeness (QED) is 0.0265. The lowest BCUT2D eigenvalue weighted by molar-refractivity contribution is -0.146. The Bertz CT molecular complexity index is 1990. The van der Waals surface area contributed by atoms with Crippen molar-refractivity contribution >= 4 is 11.9 Å². The number of rotatable bonds is 27. The average molecular weight is 819 g/mol. The van der Waals surface area contributed by atoms with Gasteiger partial charge < -0.3 is 29.2 Å². The van der Waals surface area contributed by atoms with Gasteiger partial charge in [0.2, 0.25) is 13.6 Å². The minimum atomic E-state index is -0.684. The Morgan fingerprint density at radius 2 is 0.783 bits per heavy atom. The van der Waals surface area contributed by atoms with Gasteiger partial charge in [-0.3, -0.25) is 0 Å². The van der Waals surface area contributed by atoms with Crippen molar-refractivity contribution in [1.29, 1.82) is 0 Å². The summed E-state index contributed by atoms with van der Waals surface area (Å²) in [5.74, 6) is -0.199. The van der Waals surface area contributed by atoms with Crippen LogP contribution in [0.2, 0.25) is 0 Å². The van der Waals surface area contributed by atoms with Gasteiger partial charge in [0.15, 0.2) is 0 Å². The van der Waals surface area contributed by atoms with Crippen LogP contribution in [0.5, 0.6) is 11.5 Å². The molecule has 4 aromatic rings. The third kappa shape index (κ3) is 13.4. The Kier molecular flexibility index (Phi) is 20.1. The summed E-state index contributed by atoms with van der Waals surface area (Å²) in [7, 11) is 0. The van der Waals surface area contributed by atoms with E-state index in [1.54, 1.807) is 0 Å². The number of hydrogen-bond acceptors (Lipinski definition) is 8. The van der Waals surface area contributed by atoms with Crippen molar-refractivity contribution in [2.24, 2.45) is 0 Å². The van der Waals surface area contributed by atoms with Gasteiger partial charge >= 0.3 is 11.9 Å². The van der Waals surface area contributed by atoms with Gasteiger partial charge in [0.05, 0.1) is 24.4 Å². The predicted molar refractivity (Wildman–Crippen MR) is 242 cm³/mol. The number of unbranched alkanes of at least 4 members (excludes halogenated alkanes) is 6. The third-order valence-corrected chi connectivity index (χ3v) is 10.9. The zero-order valence-corrected chi connectivity index (χ0v) is 36.4. The number of benzene rings is 4. The smallest absolute Gasteiger partial charge is 0.338 e. The van der Waals surface area contributed by atoms with E-state index in [0.29, 0.717) is 11.5 Å². The maximum Gasteiger partial charge on any atom is 0.338 e. The minimum absolute atomic E-state index is 0.0168. The van der Waals surface area contributed by atoms with Crippen molar-refractivity contribution in [3.05, 3.63) is 119 Å². The van der Waals surface area contributed by atoms with Crippen molar-refractivity contribution < 1.29 is 38.7 Å². The van der Waals surface area contributed by atoms with Crippen molar-refractivity contribution in [2.75, 3.05) is 26.8 Å². The van der Waals surface area contributed by atoms with Crippen LogP contribution in [0.25, 0.3) is 33.4 Å². The maximum absolute atomic E-state index is 11.9. The molecule has 0 saturated carbocycles. The van der Waals surface area contributed by atoms with Gasteiger partial charge in [0.1, 0.15) is 11.5 Å². The Morgan fingerprint density at radius 3 is 1.12 bits per heavy atom. The van der Waals surface area contributed by atoms with E-state index in [0.717, 1.165) is 94.6 Å². The first-order valence-electron chi connectivity index (χ1n) is 21.9. The summed E-state index contributed by atoms with van der Waals surface area (Å²) in [5, 5.41) is 18.3. The summed E-state index contributed by atoms with van der Waals surface area (Å²) in [6.07, 6.45) is 15.3. The molecule has 8 nitrogen and oxygen atoms in total. The molecule has 0 aromatic heterocycles. The van der Waals surface area contributed by atoms with Crippen LogP contribution >= 0.6 is 0 Å². The molecule has 0 aliphatic heterocycles. The molecule has 8 heteroatoms. The van der Waals surface area contributed by atoms with Crippen LogP contribution < -0.4 is 9.47 Å². The van der Waals surface area contributed by atoms with E-state index in [1.807, 2.05) is 24.3 Å². The molecule has 0 aliphatic rings. The number of esters is 2. The molecule has 4 aromatic carbocycles. The first-order valence-corrected chi connectivity index (χ1v) is 21.9. The molecule has 0 atom stereocenters. The molecule has 0 aliphatic carbocycles. The van der Waals surface area contributed by atoms with Gasteiger partial charge in [-0.15, -0.1) is 0 Å². The second kappa shape index (κ2) is 25.4. The topological polar surface area (TPSA) is 112 Å². The van der Waals surface area contributed by atoms with Crippen LogP contribution in [0.1, 0.15) is 114 Å². The Hall–Kier alpha value is -5.18. The van der Waals surface area contributed by atoms with E-state index in [9.17, 15) is 9.59 Å². The molecular weight excluding hydrogens is 753 g/mol. The average Bonchev–Trinajstić information content (AvgIpc) is 3.27. The second-order valence-electron chi connectivity index (χ2n) is 15.3. The molecule has 0 fully saturated rings. The van der Waals surface area contributed by atoms with Crippen molar-refractivity contribution in [1.82, 2.24) is 0 Å². The predicted octanol–water partition coefficient (Wildman–Crippen LogP) is 11.7. The zero-order valence-electron chi connectivity index (χ0n) is 36.4. The highest BCUT2D eigenvalue weighted by atomic mass is 16.7. The van der Waals surface area contributed by atoms with E-state index >= 15 is 0 Å². The molecule has 0 bridgehead atoms. The van der Waals surface area contributed by atoms with E-state index in [-0.39, 0.29) is 24.7 Å². The molecule has 2 N–H and O–H groups in total. The van der Waals surface area contributed by atoms with Crippen LogP contribution in [0.15, 0.2) is 97.1 Å². The summed E-state index contributed by atoms with van der Waals surface area (Å²) < 4.78 is 21.6. The number of hydrogen-bond donors (Lipinski definition) is 2. The van der Waals surface area contributed by atoms with Crippen molar-refractivity contribution in [3.8, 4) is 44.9 Å². The normalized spacial score (nSPS) is 11.0. The standard InChI is InChI=1S/C52H66O8/c1-7-11-14-18-46-43(39-21-25-41(26-22-39)57-35-59-51(55)37(5)33-53)29-31-49(45(46)17-10-4)50-32-30-44(47(19-15-12-8-2)48(50)20-16-13-9-3)40-23-27-42(28-24-40)58-36-60-52(56)38(6)34-54/h21-32,53-54H,5-20,33-36H2,1-4H3. The molecule has 0 amide bonds. The van der Waals surface area contributed by atoms with Gasteiger partial charge in [-0.2, -0.15) is 0 Å².